The number of nitrogens with zero attached hydrogens (tertiary/aromatic N) is 2. The van der Waals surface area contributed by atoms with Crippen LogP contribution in [0.15, 0.2) is 35.7 Å². The Hall–Kier alpha value is -2.14. The Morgan fingerprint density at radius 2 is 2.04 bits per heavy atom. The first-order valence-corrected chi connectivity index (χ1v) is 10.2. The van der Waals surface area contributed by atoms with Crippen LogP contribution in [0.25, 0.3) is 6.08 Å². The van der Waals surface area contributed by atoms with Gasteiger partial charge in [-0.2, -0.15) is 0 Å². The van der Waals surface area contributed by atoms with E-state index >= 15 is 0 Å². The lowest BCUT2D eigenvalue weighted by Gasteiger charge is -2.26. The summed E-state index contributed by atoms with van der Waals surface area (Å²) in [5.74, 6) is 0.916. The number of aryl methyl sites for hydroxylation is 1. The molecule has 1 aromatic heterocycles. The van der Waals surface area contributed by atoms with Crippen LogP contribution in [0.4, 0.5) is 0 Å². The lowest BCUT2D eigenvalue weighted by Crippen LogP contribution is -2.37. The van der Waals surface area contributed by atoms with Crippen LogP contribution < -0.4 is 4.74 Å². The molecule has 1 aliphatic rings. The van der Waals surface area contributed by atoms with Crippen molar-refractivity contribution < 1.29 is 9.53 Å². The van der Waals surface area contributed by atoms with Crippen LogP contribution in [0, 0.1) is 6.92 Å². The minimum atomic E-state index is 0.110. The minimum Gasteiger partial charge on any atom is -0.487 e. The molecule has 4 nitrogen and oxygen atoms in total. The number of carbonyl (C=O) groups is 1. The van der Waals surface area contributed by atoms with Crippen LogP contribution in [0.1, 0.15) is 48.9 Å². The summed E-state index contributed by atoms with van der Waals surface area (Å²) in [6.45, 7) is 5.30. The lowest BCUT2D eigenvalue weighted by atomic mass is 10.1. The summed E-state index contributed by atoms with van der Waals surface area (Å²) in [7, 11) is 0. The molecule has 0 saturated heterocycles. The van der Waals surface area contributed by atoms with Gasteiger partial charge in [-0.3, -0.25) is 4.79 Å². The maximum absolute atomic E-state index is 12.5. The van der Waals surface area contributed by atoms with E-state index < -0.39 is 0 Å². The predicted octanol–water partition coefficient (Wildman–Crippen LogP) is 4.83. The monoisotopic (exact) mass is 370 g/mol. The molecule has 1 aliphatic carbocycles. The molecule has 26 heavy (non-hydrogen) atoms. The molecule has 0 aliphatic heterocycles. The summed E-state index contributed by atoms with van der Waals surface area (Å²) < 4.78 is 5.75. The summed E-state index contributed by atoms with van der Waals surface area (Å²) in [6, 6.07) is 8.21. The highest BCUT2D eigenvalue weighted by atomic mass is 32.1. The van der Waals surface area contributed by atoms with E-state index in [4.69, 9.17) is 4.74 Å². The second-order valence-electron chi connectivity index (χ2n) is 6.61. The van der Waals surface area contributed by atoms with Crippen LogP contribution in [0.2, 0.25) is 0 Å². The number of hydrogen-bond donors (Lipinski definition) is 0. The zero-order valence-corrected chi connectivity index (χ0v) is 16.3. The number of ether oxygens (including phenoxy) is 1. The van der Waals surface area contributed by atoms with E-state index in [1.54, 1.807) is 17.4 Å². The molecule has 1 heterocycles. The second kappa shape index (κ2) is 8.99. The third-order valence-corrected chi connectivity index (χ3v) is 5.56. The van der Waals surface area contributed by atoms with E-state index in [-0.39, 0.29) is 5.91 Å². The molecule has 2 aromatic rings. The van der Waals surface area contributed by atoms with Crippen LogP contribution in [-0.2, 0) is 11.4 Å². The second-order valence-corrected chi connectivity index (χ2v) is 7.67. The molecule has 1 aromatic carbocycles. The molecular weight excluding hydrogens is 344 g/mol. The van der Waals surface area contributed by atoms with Crippen molar-refractivity contribution in [3.63, 3.8) is 0 Å². The van der Waals surface area contributed by atoms with Crippen molar-refractivity contribution in [1.29, 1.82) is 0 Å². The first kappa shape index (κ1) is 18.6. The Morgan fingerprint density at radius 1 is 1.31 bits per heavy atom. The summed E-state index contributed by atoms with van der Waals surface area (Å²) in [6.07, 6.45) is 8.32. The van der Waals surface area contributed by atoms with E-state index in [0.717, 1.165) is 41.4 Å². The summed E-state index contributed by atoms with van der Waals surface area (Å²) in [5.41, 5.74) is 1.95. The highest BCUT2D eigenvalue weighted by molar-refractivity contribution is 7.09. The molecule has 3 rings (SSSR count). The number of thiazole rings is 1. The van der Waals surface area contributed by atoms with Gasteiger partial charge < -0.3 is 9.64 Å². The zero-order valence-electron chi connectivity index (χ0n) is 15.5. The average molecular weight is 371 g/mol. The third kappa shape index (κ3) is 4.94. The van der Waals surface area contributed by atoms with Crippen molar-refractivity contribution >= 4 is 23.3 Å². The number of amides is 1. The van der Waals surface area contributed by atoms with E-state index in [0.29, 0.717) is 12.6 Å². The van der Waals surface area contributed by atoms with Crippen molar-refractivity contribution in [3.8, 4) is 5.75 Å². The van der Waals surface area contributed by atoms with Crippen LogP contribution in [0.3, 0.4) is 0 Å². The van der Waals surface area contributed by atoms with E-state index in [9.17, 15) is 4.79 Å². The minimum absolute atomic E-state index is 0.110. The SMILES string of the molecule is CCN(C(=O)/C=C/c1ccc(OCc2csc(C)n2)cc1)C1CCCC1. The Morgan fingerprint density at radius 3 is 2.65 bits per heavy atom. The smallest absolute Gasteiger partial charge is 0.246 e. The predicted molar refractivity (Wildman–Crippen MR) is 106 cm³/mol. The van der Waals surface area contributed by atoms with Gasteiger partial charge in [0.25, 0.3) is 0 Å². The van der Waals surface area contributed by atoms with Gasteiger partial charge in [0, 0.05) is 24.0 Å². The molecule has 1 fully saturated rings. The number of aromatic nitrogens is 1. The molecule has 0 bridgehead atoms. The molecule has 1 amide bonds. The van der Waals surface area contributed by atoms with Gasteiger partial charge in [0.05, 0.1) is 10.7 Å². The van der Waals surface area contributed by atoms with Gasteiger partial charge in [0.15, 0.2) is 0 Å². The topological polar surface area (TPSA) is 42.4 Å². The quantitative estimate of drug-likeness (QED) is 0.655. The van der Waals surface area contributed by atoms with Gasteiger partial charge in [0.1, 0.15) is 12.4 Å². The molecule has 1 saturated carbocycles. The average Bonchev–Trinajstić information content (AvgIpc) is 3.32. The zero-order chi connectivity index (χ0) is 18.4. The molecule has 5 heteroatoms. The summed E-state index contributed by atoms with van der Waals surface area (Å²) in [4.78, 5) is 18.9. The van der Waals surface area contributed by atoms with E-state index in [2.05, 4.69) is 11.9 Å². The fraction of sp³-hybridized carbons (Fsp3) is 0.429. The fourth-order valence-electron chi connectivity index (χ4n) is 3.38. The Kier molecular flexibility index (Phi) is 6.45. The Labute approximate surface area is 159 Å². The number of likely N-dealkylation sites (N-methyl/N-ethyl adjacent to an activating group) is 1. The normalized spacial score (nSPS) is 14.8. The van der Waals surface area contributed by atoms with Gasteiger partial charge in [-0.05, 0) is 50.5 Å². The van der Waals surface area contributed by atoms with Crippen molar-refractivity contribution in [2.75, 3.05) is 6.54 Å². The molecule has 0 spiro atoms. The third-order valence-electron chi connectivity index (χ3n) is 4.74. The first-order valence-electron chi connectivity index (χ1n) is 9.28. The van der Waals surface area contributed by atoms with Crippen LogP contribution in [0.5, 0.6) is 5.75 Å². The maximum atomic E-state index is 12.5. The number of benzene rings is 1. The van der Waals surface area contributed by atoms with Crippen molar-refractivity contribution in [2.24, 2.45) is 0 Å². The van der Waals surface area contributed by atoms with Gasteiger partial charge in [-0.15, -0.1) is 11.3 Å². The highest BCUT2D eigenvalue weighted by Gasteiger charge is 2.23. The van der Waals surface area contributed by atoms with Gasteiger partial charge in [-0.1, -0.05) is 25.0 Å². The van der Waals surface area contributed by atoms with E-state index in [1.807, 2.05) is 47.5 Å². The van der Waals surface area contributed by atoms with E-state index in [1.165, 1.54) is 12.8 Å². The van der Waals surface area contributed by atoms with Gasteiger partial charge >= 0.3 is 0 Å². The van der Waals surface area contributed by atoms with Gasteiger partial charge in [0.2, 0.25) is 5.91 Å². The number of hydrogen-bond acceptors (Lipinski definition) is 4. The van der Waals surface area contributed by atoms with Crippen molar-refractivity contribution in [3.05, 3.63) is 52.0 Å². The van der Waals surface area contributed by atoms with Crippen molar-refractivity contribution in [2.45, 2.75) is 52.2 Å². The molecule has 0 unspecified atom stereocenters. The van der Waals surface area contributed by atoms with Crippen molar-refractivity contribution in [1.82, 2.24) is 9.88 Å². The van der Waals surface area contributed by atoms with Gasteiger partial charge in [-0.25, -0.2) is 4.98 Å². The largest absolute Gasteiger partial charge is 0.487 e. The Balaban J connectivity index is 1.54. The number of rotatable bonds is 7. The molecule has 0 atom stereocenters. The Bertz CT molecular complexity index is 746. The number of carbonyl (C=O) groups excluding carboxylic acids is 1. The lowest BCUT2D eigenvalue weighted by molar-refractivity contribution is -0.127. The standard InChI is InChI=1S/C21H26N2O2S/c1-3-23(19-6-4-5-7-19)21(24)13-10-17-8-11-20(12-9-17)25-14-18-15-26-16(2)22-18/h8-13,15,19H,3-7,14H2,1-2H3/b13-10+. The van der Waals surface area contributed by atoms with Crippen LogP contribution >= 0.6 is 11.3 Å². The summed E-state index contributed by atoms with van der Waals surface area (Å²) in [5, 5.41) is 3.06. The first-order chi connectivity index (χ1) is 12.7. The highest BCUT2D eigenvalue weighted by Crippen LogP contribution is 2.23. The molecule has 138 valence electrons. The summed E-state index contributed by atoms with van der Waals surface area (Å²) >= 11 is 1.63. The fourth-order valence-corrected chi connectivity index (χ4v) is 3.98. The molecular formula is C21H26N2O2S. The molecule has 0 N–H and O–H groups in total. The van der Waals surface area contributed by atoms with Crippen LogP contribution in [-0.4, -0.2) is 28.4 Å². The molecule has 0 radical (unpaired) electrons. The maximum Gasteiger partial charge on any atom is 0.246 e.